The van der Waals surface area contributed by atoms with Crippen LogP contribution >= 0.6 is 0 Å². The van der Waals surface area contributed by atoms with E-state index in [1.807, 2.05) is 43.1 Å². The van der Waals surface area contributed by atoms with Crippen molar-refractivity contribution in [2.24, 2.45) is 0 Å². The van der Waals surface area contributed by atoms with E-state index in [1.54, 1.807) is 6.07 Å². The lowest BCUT2D eigenvalue weighted by atomic mass is 10.1. The zero-order chi connectivity index (χ0) is 14.6. The zero-order valence-corrected chi connectivity index (χ0v) is 12.6. The molecule has 1 amide bonds. The van der Waals surface area contributed by atoms with E-state index in [4.69, 9.17) is 5.73 Å². The number of benzene rings is 1. The molecule has 19 heavy (non-hydrogen) atoms. The number of carbonyl (C=O) groups excluding carboxylic acids is 1. The fourth-order valence-corrected chi connectivity index (χ4v) is 2.31. The molecule has 0 saturated carbocycles. The van der Waals surface area contributed by atoms with Gasteiger partial charge in [-0.1, -0.05) is 13.8 Å². The van der Waals surface area contributed by atoms with Crippen LogP contribution in [0.4, 0.5) is 11.4 Å². The Bertz CT molecular complexity index is 439. The van der Waals surface area contributed by atoms with E-state index < -0.39 is 0 Å². The summed E-state index contributed by atoms with van der Waals surface area (Å²) in [5, 5.41) is 0. The second-order valence-corrected chi connectivity index (χ2v) is 5.06. The first-order valence-corrected chi connectivity index (χ1v) is 6.76. The molecule has 0 aliphatic heterocycles. The van der Waals surface area contributed by atoms with Gasteiger partial charge in [0, 0.05) is 38.6 Å². The molecule has 1 aromatic rings. The molecule has 0 aromatic heterocycles. The number of carbonyl (C=O) groups is 1. The second kappa shape index (κ2) is 6.45. The van der Waals surface area contributed by atoms with Gasteiger partial charge < -0.3 is 15.5 Å². The SMILES string of the molecule is CCC(CC)N(C)C(=O)c1cc(N)ccc1N(C)C. The Morgan fingerprint density at radius 2 is 1.79 bits per heavy atom. The van der Waals surface area contributed by atoms with Crippen LogP contribution in [0, 0.1) is 0 Å². The van der Waals surface area contributed by atoms with Gasteiger partial charge >= 0.3 is 0 Å². The molecule has 0 bridgehead atoms. The van der Waals surface area contributed by atoms with Crippen LogP contribution in [0.3, 0.4) is 0 Å². The summed E-state index contributed by atoms with van der Waals surface area (Å²) in [6, 6.07) is 5.74. The van der Waals surface area contributed by atoms with E-state index in [0.717, 1.165) is 18.5 Å². The number of anilines is 2. The molecule has 0 radical (unpaired) electrons. The maximum atomic E-state index is 12.6. The lowest BCUT2D eigenvalue weighted by molar-refractivity contribution is 0.0724. The zero-order valence-electron chi connectivity index (χ0n) is 12.6. The third kappa shape index (κ3) is 3.40. The van der Waals surface area contributed by atoms with Gasteiger partial charge in [0.1, 0.15) is 0 Å². The van der Waals surface area contributed by atoms with Crippen LogP contribution in [0.5, 0.6) is 0 Å². The highest BCUT2D eigenvalue weighted by molar-refractivity contribution is 6.00. The minimum Gasteiger partial charge on any atom is -0.399 e. The first-order chi connectivity index (χ1) is 8.92. The molecule has 4 nitrogen and oxygen atoms in total. The predicted molar refractivity (Wildman–Crippen MR) is 81.6 cm³/mol. The fourth-order valence-electron chi connectivity index (χ4n) is 2.31. The molecule has 106 valence electrons. The third-order valence-electron chi connectivity index (χ3n) is 3.54. The van der Waals surface area contributed by atoms with Crippen molar-refractivity contribution in [3.8, 4) is 0 Å². The Kier molecular flexibility index (Phi) is 5.21. The third-order valence-corrected chi connectivity index (χ3v) is 3.54. The van der Waals surface area contributed by atoms with E-state index in [9.17, 15) is 4.79 Å². The van der Waals surface area contributed by atoms with Gasteiger partial charge in [0.15, 0.2) is 0 Å². The van der Waals surface area contributed by atoms with Gasteiger partial charge in [-0.3, -0.25) is 4.79 Å². The molecule has 1 rings (SSSR count). The summed E-state index contributed by atoms with van der Waals surface area (Å²) in [4.78, 5) is 16.4. The lowest BCUT2D eigenvalue weighted by Gasteiger charge is -2.28. The van der Waals surface area contributed by atoms with Crippen LogP contribution < -0.4 is 10.6 Å². The predicted octanol–water partition coefficient (Wildman–Crippen LogP) is 2.60. The topological polar surface area (TPSA) is 49.6 Å². The number of nitrogens with zero attached hydrogens (tertiary/aromatic N) is 2. The van der Waals surface area contributed by atoms with Gasteiger partial charge in [-0.2, -0.15) is 0 Å². The summed E-state index contributed by atoms with van der Waals surface area (Å²) in [5.41, 5.74) is 8.00. The van der Waals surface area contributed by atoms with E-state index in [0.29, 0.717) is 11.3 Å². The Morgan fingerprint density at radius 3 is 2.26 bits per heavy atom. The van der Waals surface area contributed by atoms with Crippen molar-refractivity contribution in [2.45, 2.75) is 32.7 Å². The Balaban J connectivity index is 3.14. The van der Waals surface area contributed by atoms with Crippen molar-refractivity contribution < 1.29 is 4.79 Å². The van der Waals surface area contributed by atoms with Crippen molar-refractivity contribution in [1.82, 2.24) is 4.90 Å². The molecule has 0 spiro atoms. The summed E-state index contributed by atoms with van der Waals surface area (Å²) < 4.78 is 0. The van der Waals surface area contributed by atoms with Crippen LogP contribution in [-0.4, -0.2) is 38.0 Å². The van der Waals surface area contributed by atoms with Gasteiger partial charge in [0.2, 0.25) is 0 Å². The molecular formula is C15H25N3O. The largest absolute Gasteiger partial charge is 0.399 e. The molecule has 0 heterocycles. The molecule has 1 aromatic carbocycles. The van der Waals surface area contributed by atoms with E-state index >= 15 is 0 Å². The van der Waals surface area contributed by atoms with Crippen LogP contribution in [0.1, 0.15) is 37.0 Å². The molecule has 2 N–H and O–H groups in total. The van der Waals surface area contributed by atoms with Crippen molar-refractivity contribution in [1.29, 1.82) is 0 Å². The summed E-state index contributed by atoms with van der Waals surface area (Å²) in [6.45, 7) is 4.20. The van der Waals surface area contributed by atoms with Gasteiger partial charge in [0.25, 0.3) is 5.91 Å². The van der Waals surface area contributed by atoms with Crippen LogP contribution in [0.25, 0.3) is 0 Å². The number of rotatable bonds is 5. The Hall–Kier alpha value is -1.71. The van der Waals surface area contributed by atoms with Gasteiger partial charge in [-0.25, -0.2) is 0 Å². The average molecular weight is 263 g/mol. The average Bonchev–Trinajstić information content (AvgIpc) is 2.38. The van der Waals surface area contributed by atoms with E-state index in [-0.39, 0.29) is 11.9 Å². The monoisotopic (exact) mass is 263 g/mol. The molecule has 0 aliphatic rings. The first-order valence-electron chi connectivity index (χ1n) is 6.76. The lowest BCUT2D eigenvalue weighted by Crippen LogP contribution is -2.37. The first kappa shape index (κ1) is 15.3. The standard InChI is InChI=1S/C15H25N3O/c1-6-12(7-2)18(5)15(19)13-10-11(16)8-9-14(13)17(3)4/h8-10,12H,6-7,16H2,1-5H3. The highest BCUT2D eigenvalue weighted by atomic mass is 16.2. The normalized spacial score (nSPS) is 10.6. The number of hydrogen-bond donors (Lipinski definition) is 1. The van der Waals surface area contributed by atoms with Crippen molar-refractivity contribution in [3.63, 3.8) is 0 Å². The van der Waals surface area contributed by atoms with Crippen LogP contribution in [0.15, 0.2) is 18.2 Å². The van der Waals surface area contributed by atoms with Crippen molar-refractivity contribution >= 4 is 17.3 Å². The van der Waals surface area contributed by atoms with Gasteiger partial charge in [-0.05, 0) is 31.0 Å². The van der Waals surface area contributed by atoms with Crippen LogP contribution in [-0.2, 0) is 0 Å². The molecule has 0 fully saturated rings. The van der Waals surface area contributed by atoms with Gasteiger partial charge in [0.05, 0.1) is 5.56 Å². The maximum Gasteiger partial charge on any atom is 0.256 e. The second-order valence-electron chi connectivity index (χ2n) is 5.06. The minimum atomic E-state index is 0.0321. The van der Waals surface area contributed by atoms with Crippen molar-refractivity contribution in [3.05, 3.63) is 23.8 Å². The molecular weight excluding hydrogens is 238 g/mol. The Labute approximate surface area is 116 Å². The summed E-state index contributed by atoms with van der Waals surface area (Å²) in [5.74, 6) is 0.0321. The van der Waals surface area contributed by atoms with E-state index in [2.05, 4.69) is 13.8 Å². The quantitative estimate of drug-likeness (QED) is 0.831. The highest BCUT2D eigenvalue weighted by Crippen LogP contribution is 2.24. The maximum absolute atomic E-state index is 12.6. The summed E-state index contributed by atoms with van der Waals surface area (Å²) in [6.07, 6.45) is 1.91. The highest BCUT2D eigenvalue weighted by Gasteiger charge is 2.21. The minimum absolute atomic E-state index is 0.0321. The number of hydrogen-bond acceptors (Lipinski definition) is 3. The number of amides is 1. The molecule has 0 saturated heterocycles. The fraction of sp³-hybridized carbons (Fsp3) is 0.533. The Morgan fingerprint density at radius 1 is 1.21 bits per heavy atom. The molecule has 0 atom stereocenters. The molecule has 4 heteroatoms. The molecule has 0 aliphatic carbocycles. The molecule has 0 unspecified atom stereocenters. The van der Waals surface area contributed by atoms with Crippen molar-refractivity contribution in [2.75, 3.05) is 31.8 Å². The summed E-state index contributed by atoms with van der Waals surface area (Å²) in [7, 11) is 5.72. The van der Waals surface area contributed by atoms with Gasteiger partial charge in [-0.15, -0.1) is 0 Å². The van der Waals surface area contributed by atoms with E-state index in [1.165, 1.54) is 0 Å². The number of nitrogens with two attached hydrogens (primary N) is 1. The van der Waals surface area contributed by atoms with Crippen LogP contribution in [0.2, 0.25) is 0 Å². The number of nitrogen functional groups attached to an aromatic ring is 1. The smallest absolute Gasteiger partial charge is 0.256 e. The summed E-state index contributed by atoms with van der Waals surface area (Å²) >= 11 is 0.